The average molecular weight is 275 g/mol. The van der Waals surface area contributed by atoms with E-state index in [0.717, 1.165) is 11.1 Å². The Morgan fingerprint density at radius 3 is 2.50 bits per heavy atom. The number of aryl methyl sites for hydroxylation is 2. The van der Waals surface area contributed by atoms with Gasteiger partial charge in [0.2, 0.25) is 11.8 Å². The number of nitrogens with one attached hydrogen (secondary N) is 1. The number of rotatable bonds is 3. The van der Waals surface area contributed by atoms with Crippen LogP contribution in [0.2, 0.25) is 0 Å². The molecule has 1 N–H and O–H groups in total. The predicted molar refractivity (Wildman–Crippen MR) is 72.0 cm³/mol. The topological polar surface area (TPSA) is 72.5 Å². The summed E-state index contributed by atoms with van der Waals surface area (Å²) in [6, 6.07) is 5.55. The van der Waals surface area contributed by atoms with Gasteiger partial charge in [0.15, 0.2) is 0 Å². The Morgan fingerprint density at radius 1 is 1.25 bits per heavy atom. The van der Waals surface area contributed by atoms with Crippen LogP contribution in [-0.4, -0.2) is 17.8 Å². The van der Waals surface area contributed by atoms with Crippen molar-refractivity contribution in [3.05, 3.63) is 29.3 Å². The molecular formula is C15H17NO4. The monoisotopic (exact) mass is 275 g/mol. The molecule has 1 fully saturated rings. The molecule has 0 aromatic heterocycles. The molecule has 0 spiro atoms. The van der Waals surface area contributed by atoms with Gasteiger partial charge in [0, 0.05) is 19.3 Å². The quantitative estimate of drug-likeness (QED) is 0.517. The number of hydrogen-bond donors (Lipinski definition) is 1. The van der Waals surface area contributed by atoms with Gasteiger partial charge in [-0.1, -0.05) is 17.7 Å². The van der Waals surface area contributed by atoms with Gasteiger partial charge in [-0.15, -0.1) is 0 Å². The van der Waals surface area contributed by atoms with Crippen LogP contribution in [0.4, 0.5) is 0 Å². The second-order valence-electron chi connectivity index (χ2n) is 5.19. The average Bonchev–Trinajstić information content (AvgIpc) is 2.31. The number of hydrogen-bond acceptors (Lipinski definition) is 4. The summed E-state index contributed by atoms with van der Waals surface area (Å²) in [5.41, 5.74) is 1.98. The lowest BCUT2D eigenvalue weighted by atomic mass is 9.94. The maximum Gasteiger partial charge on any atom is 0.311 e. The van der Waals surface area contributed by atoms with Crippen molar-refractivity contribution in [2.45, 2.75) is 33.1 Å². The molecule has 1 aromatic rings. The fourth-order valence-electron chi connectivity index (χ4n) is 2.31. The molecule has 5 nitrogen and oxygen atoms in total. The Hall–Kier alpha value is -2.17. The number of benzene rings is 1. The van der Waals surface area contributed by atoms with Crippen molar-refractivity contribution in [3.63, 3.8) is 0 Å². The lowest BCUT2D eigenvalue weighted by molar-refractivity contribution is -0.138. The zero-order valence-corrected chi connectivity index (χ0v) is 11.6. The molecule has 1 heterocycles. The van der Waals surface area contributed by atoms with E-state index in [-0.39, 0.29) is 37.0 Å². The zero-order chi connectivity index (χ0) is 14.7. The van der Waals surface area contributed by atoms with Gasteiger partial charge >= 0.3 is 5.97 Å². The Morgan fingerprint density at radius 2 is 1.90 bits per heavy atom. The van der Waals surface area contributed by atoms with Gasteiger partial charge in [-0.2, -0.15) is 0 Å². The van der Waals surface area contributed by atoms with Gasteiger partial charge in [0.05, 0.1) is 0 Å². The molecule has 0 aliphatic carbocycles. The van der Waals surface area contributed by atoms with E-state index in [4.69, 9.17) is 4.74 Å². The van der Waals surface area contributed by atoms with Gasteiger partial charge < -0.3 is 4.74 Å². The number of esters is 1. The van der Waals surface area contributed by atoms with Crippen LogP contribution in [0, 0.1) is 19.8 Å². The van der Waals surface area contributed by atoms with Crippen LogP contribution in [0.25, 0.3) is 0 Å². The largest absolute Gasteiger partial charge is 0.426 e. The van der Waals surface area contributed by atoms with Gasteiger partial charge in [-0.05, 0) is 31.4 Å². The van der Waals surface area contributed by atoms with Gasteiger partial charge in [-0.3, -0.25) is 19.7 Å². The maximum absolute atomic E-state index is 11.9. The van der Waals surface area contributed by atoms with E-state index in [9.17, 15) is 14.4 Å². The van der Waals surface area contributed by atoms with Crippen LogP contribution in [0.15, 0.2) is 18.2 Å². The Labute approximate surface area is 117 Å². The first kappa shape index (κ1) is 14.2. The van der Waals surface area contributed by atoms with Crippen LogP contribution in [0.3, 0.4) is 0 Å². The Bertz CT molecular complexity index is 549. The van der Waals surface area contributed by atoms with Crippen LogP contribution < -0.4 is 10.1 Å². The zero-order valence-electron chi connectivity index (χ0n) is 11.6. The third-order valence-corrected chi connectivity index (χ3v) is 3.24. The molecule has 5 heteroatoms. The highest BCUT2D eigenvalue weighted by Crippen LogP contribution is 2.22. The standard InChI is InChI=1S/C15H17NO4/c1-9-3-4-12(10(2)5-9)20-15(19)8-11-6-13(17)16-14(18)7-11/h3-5,11H,6-8H2,1-2H3,(H,16,17,18). The van der Waals surface area contributed by atoms with Crippen molar-refractivity contribution < 1.29 is 19.1 Å². The summed E-state index contributed by atoms with van der Waals surface area (Å²) in [4.78, 5) is 34.3. The van der Waals surface area contributed by atoms with Crippen molar-refractivity contribution in [1.82, 2.24) is 5.32 Å². The molecule has 0 radical (unpaired) electrons. The smallest absolute Gasteiger partial charge is 0.311 e. The van der Waals surface area contributed by atoms with E-state index >= 15 is 0 Å². The fraction of sp³-hybridized carbons (Fsp3) is 0.400. The lowest BCUT2D eigenvalue weighted by Crippen LogP contribution is -2.39. The highest BCUT2D eigenvalue weighted by atomic mass is 16.5. The van der Waals surface area contributed by atoms with Crippen molar-refractivity contribution in [2.24, 2.45) is 5.92 Å². The van der Waals surface area contributed by atoms with Crippen LogP contribution >= 0.6 is 0 Å². The fourth-order valence-corrected chi connectivity index (χ4v) is 2.31. The molecule has 2 rings (SSSR count). The number of piperidine rings is 1. The second-order valence-corrected chi connectivity index (χ2v) is 5.19. The van der Waals surface area contributed by atoms with Crippen LogP contribution in [-0.2, 0) is 14.4 Å². The molecule has 1 aromatic carbocycles. The van der Waals surface area contributed by atoms with E-state index in [1.807, 2.05) is 26.0 Å². The molecule has 1 saturated heterocycles. The lowest BCUT2D eigenvalue weighted by Gasteiger charge is -2.20. The summed E-state index contributed by atoms with van der Waals surface area (Å²) < 4.78 is 5.29. The SMILES string of the molecule is Cc1ccc(OC(=O)CC2CC(=O)NC(=O)C2)c(C)c1. The molecule has 0 saturated carbocycles. The summed E-state index contributed by atoms with van der Waals surface area (Å²) >= 11 is 0. The van der Waals surface area contributed by atoms with E-state index in [1.165, 1.54) is 0 Å². The van der Waals surface area contributed by atoms with Gasteiger partial charge in [-0.25, -0.2) is 0 Å². The van der Waals surface area contributed by atoms with Crippen molar-refractivity contribution in [1.29, 1.82) is 0 Å². The number of imide groups is 1. The van der Waals surface area contributed by atoms with Crippen molar-refractivity contribution >= 4 is 17.8 Å². The first-order valence-electron chi connectivity index (χ1n) is 6.54. The molecule has 0 unspecified atom stereocenters. The molecule has 2 amide bonds. The molecule has 1 aliphatic heterocycles. The number of carbonyl (C=O) groups excluding carboxylic acids is 3. The summed E-state index contributed by atoms with van der Waals surface area (Å²) in [7, 11) is 0. The molecule has 20 heavy (non-hydrogen) atoms. The third kappa shape index (κ3) is 3.66. The van der Waals surface area contributed by atoms with E-state index < -0.39 is 5.97 Å². The molecule has 0 bridgehead atoms. The first-order chi connectivity index (χ1) is 9.44. The maximum atomic E-state index is 11.9. The summed E-state index contributed by atoms with van der Waals surface area (Å²) in [5, 5.41) is 2.22. The minimum absolute atomic E-state index is 0.0759. The number of ether oxygens (including phenoxy) is 1. The van der Waals surface area contributed by atoms with Crippen LogP contribution in [0.1, 0.15) is 30.4 Å². The third-order valence-electron chi connectivity index (χ3n) is 3.24. The number of carbonyl (C=O) groups is 3. The Kier molecular flexibility index (Phi) is 4.17. The summed E-state index contributed by atoms with van der Waals surface area (Å²) in [5.74, 6) is -0.817. The Balaban J connectivity index is 1.95. The molecular weight excluding hydrogens is 258 g/mol. The highest BCUT2D eigenvalue weighted by Gasteiger charge is 2.27. The molecule has 0 atom stereocenters. The minimum Gasteiger partial charge on any atom is -0.426 e. The normalized spacial score (nSPS) is 15.9. The second kappa shape index (κ2) is 5.86. The number of amides is 2. The van der Waals surface area contributed by atoms with Gasteiger partial charge in [0.25, 0.3) is 0 Å². The molecule has 106 valence electrons. The molecule has 1 aliphatic rings. The minimum atomic E-state index is -0.413. The predicted octanol–water partition coefficient (Wildman–Crippen LogP) is 1.65. The summed E-state index contributed by atoms with van der Waals surface area (Å²) in [6.07, 6.45) is 0.452. The summed E-state index contributed by atoms with van der Waals surface area (Å²) in [6.45, 7) is 3.83. The van der Waals surface area contributed by atoms with Crippen molar-refractivity contribution in [3.8, 4) is 5.75 Å². The highest BCUT2D eigenvalue weighted by molar-refractivity contribution is 5.98. The van der Waals surface area contributed by atoms with Crippen molar-refractivity contribution in [2.75, 3.05) is 0 Å². The first-order valence-corrected chi connectivity index (χ1v) is 6.54. The van der Waals surface area contributed by atoms with E-state index in [1.54, 1.807) is 6.07 Å². The van der Waals surface area contributed by atoms with E-state index in [0.29, 0.717) is 5.75 Å². The van der Waals surface area contributed by atoms with Gasteiger partial charge in [0.1, 0.15) is 5.75 Å². The van der Waals surface area contributed by atoms with E-state index in [2.05, 4.69) is 5.32 Å². The van der Waals surface area contributed by atoms with Crippen LogP contribution in [0.5, 0.6) is 5.75 Å².